The monoisotopic (exact) mass is 796 g/mol. The van der Waals surface area contributed by atoms with E-state index in [0.717, 1.165) is 31.5 Å². The molecule has 6 nitrogen and oxygen atoms in total. The minimum Gasteiger partial charge on any atom is -0.506 e. The number of aromatic hydroxyl groups is 1. The number of carbonyl (C=O) groups is 2. The van der Waals surface area contributed by atoms with E-state index < -0.39 is 12.1 Å². The van der Waals surface area contributed by atoms with Crippen LogP contribution >= 0.6 is 67.8 Å². The number of alkyl carbamates (subject to hydrolysis) is 1. The maximum Gasteiger partial charge on any atom is 0.408 e. The van der Waals surface area contributed by atoms with Gasteiger partial charge in [-0.2, -0.15) is 0 Å². The molecule has 34 heavy (non-hydrogen) atoms. The van der Waals surface area contributed by atoms with Crippen molar-refractivity contribution in [2.45, 2.75) is 32.9 Å². The lowest BCUT2D eigenvalue weighted by Crippen LogP contribution is -2.45. The number of halogens is 3. The van der Waals surface area contributed by atoms with E-state index in [2.05, 4.69) is 33.2 Å². The van der Waals surface area contributed by atoms with Crippen LogP contribution in [-0.4, -0.2) is 23.1 Å². The molecule has 0 spiro atoms. The van der Waals surface area contributed by atoms with Gasteiger partial charge in [-0.25, -0.2) is 4.79 Å². The predicted molar refractivity (Wildman–Crippen MR) is 158 cm³/mol. The molecule has 9 heteroatoms. The van der Waals surface area contributed by atoms with Gasteiger partial charge >= 0.3 is 6.09 Å². The van der Waals surface area contributed by atoms with Crippen LogP contribution in [0.1, 0.15) is 22.3 Å². The van der Waals surface area contributed by atoms with Gasteiger partial charge in [0.05, 0.1) is 7.14 Å². The van der Waals surface area contributed by atoms with Gasteiger partial charge in [-0.1, -0.05) is 30.3 Å². The van der Waals surface area contributed by atoms with Crippen LogP contribution < -0.4 is 10.6 Å². The van der Waals surface area contributed by atoms with E-state index in [9.17, 15) is 14.7 Å². The topological polar surface area (TPSA) is 87.7 Å². The molecule has 2 amide bonds. The third-order valence-corrected chi connectivity index (χ3v) is 7.35. The number of aryl methyl sites for hydroxylation is 2. The standard InChI is InChI=1S/C25H23I3N2O4/c1-14-8-18(26)9-15(2)22(14)30-24(32)21(12-17-10-19(27)23(31)20(28)11-17)29-25(33)34-13-16-6-4-3-5-7-16/h3-11,21,31H,12-13H2,1-2H3,(H,29,33)(H,30,32)/t21-/m0/s1. The molecule has 3 N–H and O–H groups in total. The maximum atomic E-state index is 13.3. The molecular weight excluding hydrogens is 773 g/mol. The predicted octanol–water partition coefficient (Wildman–Crippen LogP) is 6.30. The highest BCUT2D eigenvalue weighted by Crippen LogP contribution is 2.28. The molecule has 0 aliphatic heterocycles. The summed E-state index contributed by atoms with van der Waals surface area (Å²) >= 11 is 6.33. The van der Waals surface area contributed by atoms with E-state index in [4.69, 9.17) is 4.74 Å². The number of phenols is 1. The van der Waals surface area contributed by atoms with Crippen molar-refractivity contribution in [3.8, 4) is 5.75 Å². The van der Waals surface area contributed by atoms with Gasteiger partial charge in [0, 0.05) is 15.7 Å². The summed E-state index contributed by atoms with van der Waals surface area (Å²) in [6.07, 6.45) is -0.440. The molecule has 3 aromatic carbocycles. The van der Waals surface area contributed by atoms with E-state index in [1.54, 1.807) is 12.1 Å². The van der Waals surface area contributed by atoms with E-state index in [1.165, 1.54) is 0 Å². The first-order chi connectivity index (χ1) is 16.1. The number of rotatable bonds is 7. The molecule has 3 aromatic rings. The van der Waals surface area contributed by atoms with Crippen molar-refractivity contribution in [1.29, 1.82) is 0 Å². The molecule has 0 aliphatic rings. The Bertz CT molecular complexity index is 1160. The molecule has 0 unspecified atom stereocenters. The zero-order valence-electron chi connectivity index (χ0n) is 18.5. The summed E-state index contributed by atoms with van der Waals surface area (Å²) in [6.45, 7) is 3.98. The van der Waals surface area contributed by atoms with E-state index in [-0.39, 0.29) is 24.7 Å². The van der Waals surface area contributed by atoms with Gasteiger partial charge in [0.15, 0.2) is 0 Å². The van der Waals surface area contributed by atoms with E-state index in [0.29, 0.717) is 7.14 Å². The Kier molecular flexibility index (Phi) is 9.83. The first kappa shape index (κ1) is 27.0. The lowest BCUT2D eigenvalue weighted by molar-refractivity contribution is -0.118. The van der Waals surface area contributed by atoms with Crippen molar-refractivity contribution >= 4 is 85.5 Å². The van der Waals surface area contributed by atoms with Gasteiger partial charge in [-0.05, 0) is 128 Å². The lowest BCUT2D eigenvalue weighted by Gasteiger charge is -2.21. The summed E-state index contributed by atoms with van der Waals surface area (Å²) in [4.78, 5) is 25.9. The molecule has 178 valence electrons. The largest absolute Gasteiger partial charge is 0.506 e. The molecule has 3 rings (SSSR count). The number of carbonyl (C=O) groups excluding carboxylic acids is 2. The summed E-state index contributed by atoms with van der Waals surface area (Å²) < 4.78 is 7.79. The van der Waals surface area contributed by atoms with Gasteiger partial charge in [0.25, 0.3) is 0 Å². The highest BCUT2D eigenvalue weighted by Gasteiger charge is 2.24. The summed E-state index contributed by atoms with van der Waals surface area (Å²) in [6, 6.07) is 16.1. The number of amides is 2. The second-order valence-electron chi connectivity index (χ2n) is 7.77. The molecule has 0 saturated carbocycles. The van der Waals surface area contributed by atoms with E-state index >= 15 is 0 Å². The molecule has 0 aromatic heterocycles. The zero-order chi connectivity index (χ0) is 24.8. The van der Waals surface area contributed by atoms with Crippen LogP contribution in [-0.2, 0) is 22.6 Å². The number of hydrogen-bond donors (Lipinski definition) is 3. The van der Waals surface area contributed by atoms with Crippen molar-refractivity contribution in [3.63, 3.8) is 0 Å². The van der Waals surface area contributed by atoms with Crippen molar-refractivity contribution < 1.29 is 19.4 Å². The zero-order valence-corrected chi connectivity index (χ0v) is 25.0. The van der Waals surface area contributed by atoms with Gasteiger partial charge in [-0.3, -0.25) is 4.79 Å². The van der Waals surface area contributed by atoms with Gasteiger partial charge < -0.3 is 20.5 Å². The summed E-state index contributed by atoms with van der Waals surface area (Å²) in [5.74, 6) is -0.145. The summed E-state index contributed by atoms with van der Waals surface area (Å²) in [7, 11) is 0. The van der Waals surface area contributed by atoms with Crippen molar-refractivity contribution in [1.82, 2.24) is 5.32 Å². The van der Waals surface area contributed by atoms with Crippen molar-refractivity contribution in [2.24, 2.45) is 0 Å². The van der Waals surface area contributed by atoms with Crippen LogP contribution in [0, 0.1) is 24.6 Å². The minimum absolute atomic E-state index is 0.103. The van der Waals surface area contributed by atoms with Gasteiger partial charge in [0.1, 0.15) is 18.4 Å². The average molecular weight is 796 g/mol. The van der Waals surface area contributed by atoms with Crippen LogP contribution in [0.5, 0.6) is 5.75 Å². The SMILES string of the molecule is Cc1cc(I)cc(C)c1NC(=O)[C@H](Cc1cc(I)c(O)c(I)c1)NC(=O)OCc1ccccc1. The van der Waals surface area contributed by atoms with Crippen LogP contribution in [0.3, 0.4) is 0 Å². The van der Waals surface area contributed by atoms with Crippen LogP contribution in [0.15, 0.2) is 54.6 Å². The summed E-state index contributed by atoms with van der Waals surface area (Å²) in [5.41, 5.74) is 4.27. The highest BCUT2D eigenvalue weighted by atomic mass is 127. The second kappa shape index (κ2) is 12.4. The van der Waals surface area contributed by atoms with Crippen molar-refractivity contribution in [3.05, 3.63) is 87.6 Å². The lowest BCUT2D eigenvalue weighted by atomic mass is 10.0. The molecule has 0 fully saturated rings. The van der Waals surface area contributed by atoms with Crippen LogP contribution in [0.25, 0.3) is 0 Å². The Morgan fingerprint density at radius 1 is 0.941 bits per heavy atom. The fraction of sp³-hybridized carbons (Fsp3) is 0.200. The molecule has 0 bridgehead atoms. The Hall–Kier alpha value is -1.61. The molecule has 0 heterocycles. The van der Waals surface area contributed by atoms with Gasteiger partial charge in [-0.15, -0.1) is 0 Å². The number of anilines is 1. The second-order valence-corrected chi connectivity index (χ2v) is 11.3. The third-order valence-electron chi connectivity index (χ3n) is 5.08. The van der Waals surface area contributed by atoms with E-state index in [1.807, 2.05) is 101 Å². The number of ether oxygens (including phenoxy) is 1. The quantitative estimate of drug-likeness (QED) is 0.245. The third kappa shape index (κ3) is 7.44. The molecule has 0 radical (unpaired) electrons. The van der Waals surface area contributed by atoms with Crippen LogP contribution in [0.2, 0.25) is 0 Å². The Balaban J connectivity index is 1.80. The number of hydrogen-bond acceptors (Lipinski definition) is 4. The number of benzene rings is 3. The summed E-state index contributed by atoms with van der Waals surface area (Å²) in [5, 5.41) is 15.8. The van der Waals surface area contributed by atoms with Crippen molar-refractivity contribution in [2.75, 3.05) is 5.32 Å². The Morgan fingerprint density at radius 2 is 1.53 bits per heavy atom. The number of phenolic OH excluding ortho intramolecular Hbond substituents is 1. The fourth-order valence-corrected chi connectivity index (χ4v) is 6.24. The molecule has 0 aliphatic carbocycles. The molecular formula is C25H23I3N2O4. The minimum atomic E-state index is -0.877. The number of nitrogens with one attached hydrogen (secondary N) is 2. The molecule has 0 saturated heterocycles. The molecule has 1 atom stereocenters. The fourth-order valence-electron chi connectivity index (χ4n) is 3.41. The van der Waals surface area contributed by atoms with Crippen LogP contribution in [0.4, 0.5) is 10.5 Å². The normalized spacial score (nSPS) is 11.6. The Labute approximate surface area is 239 Å². The van der Waals surface area contributed by atoms with Gasteiger partial charge in [0.2, 0.25) is 5.91 Å². The average Bonchev–Trinajstić information content (AvgIpc) is 2.78. The first-order valence-corrected chi connectivity index (χ1v) is 13.6. The maximum absolute atomic E-state index is 13.3. The first-order valence-electron chi connectivity index (χ1n) is 10.4. The Morgan fingerprint density at radius 3 is 2.12 bits per heavy atom. The highest BCUT2D eigenvalue weighted by molar-refractivity contribution is 14.1. The smallest absolute Gasteiger partial charge is 0.408 e.